The summed E-state index contributed by atoms with van der Waals surface area (Å²) in [5.74, 6) is 0. The van der Waals surface area contributed by atoms with Crippen molar-refractivity contribution in [3.63, 3.8) is 0 Å². The summed E-state index contributed by atoms with van der Waals surface area (Å²) < 4.78 is 0. The summed E-state index contributed by atoms with van der Waals surface area (Å²) in [7, 11) is 6.14. The van der Waals surface area contributed by atoms with Crippen LogP contribution in [0.25, 0.3) is 0 Å². The first-order valence-corrected chi connectivity index (χ1v) is 4.29. The van der Waals surface area contributed by atoms with E-state index in [1.54, 1.807) is 0 Å². The lowest BCUT2D eigenvalue weighted by molar-refractivity contribution is 0.329. The Morgan fingerprint density at radius 1 is 1.00 bits per heavy atom. The topological polar surface area (TPSA) is 27.3 Å². The highest BCUT2D eigenvalue weighted by molar-refractivity contribution is 4.53. The predicted molar refractivity (Wildman–Crippen MR) is 50.0 cm³/mol. The first-order valence-electron chi connectivity index (χ1n) is 4.29. The molecule has 3 heteroatoms. The maximum absolute atomic E-state index is 3.14. The minimum absolute atomic E-state index is 1.08. The van der Waals surface area contributed by atoms with E-state index in [9.17, 15) is 0 Å². The van der Waals surface area contributed by atoms with Crippen LogP contribution < -0.4 is 10.6 Å². The van der Waals surface area contributed by atoms with E-state index in [0.717, 1.165) is 19.6 Å². The molecule has 0 rings (SSSR count). The molecule has 0 unspecified atom stereocenters. The van der Waals surface area contributed by atoms with Crippen LogP contribution in [0.5, 0.6) is 0 Å². The van der Waals surface area contributed by atoms with Crippen molar-refractivity contribution in [2.24, 2.45) is 0 Å². The maximum atomic E-state index is 3.14. The number of nitrogens with one attached hydrogen (secondary N) is 2. The highest BCUT2D eigenvalue weighted by Crippen LogP contribution is 1.83. The number of hydrogen-bond acceptors (Lipinski definition) is 3. The lowest BCUT2D eigenvalue weighted by Crippen LogP contribution is -2.29. The van der Waals surface area contributed by atoms with Crippen LogP contribution in [0.4, 0.5) is 0 Å². The zero-order valence-corrected chi connectivity index (χ0v) is 7.98. The molecule has 68 valence electrons. The van der Waals surface area contributed by atoms with Gasteiger partial charge in [-0.1, -0.05) is 0 Å². The normalized spacial score (nSPS) is 10.9. The lowest BCUT2D eigenvalue weighted by Gasteiger charge is -2.15. The van der Waals surface area contributed by atoms with E-state index >= 15 is 0 Å². The Labute approximate surface area is 70.2 Å². The van der Waals surface area contributed by atoms with Gasteiger partial charge in [-0.05, 0) is 40.7 Å². The highest BCUT2D eigenvalue weighted by atomic mass is 15.1. The van der Waals surface area contributed by atoms with Crippen molar-refractivity contribution in [3.8, 4) is 0 Å². The standard InChI is InChI=1S/C8H21N3/c1-9-5-4-7-11(3)8-6-10-2/h9-10H,4-8H2,1-3H3. The smallest absolute Gasteiger partial charge is 0.0104 e. The Bertz CT molecular complexity index is 75.7. The molecule has 0 saturated heterocycles. The molecular formula is C8H21N3. The van der Waals surface area contributed by atoms with Crippen molar-refractivity contribution in [3.05, 3.63) is 0 Å². The Morgan fingerprint density at radius 3 is 2.18 bits per heavy atom. The molecule has 0 radical (unpaired) electrons. The molecule has 0 aromatic carbocycles. The van der Waals surface area contributed by atoms with Gasteiger partial charge < -0.3 is 15.5 Å². The fourth-order valence-corrected chi connectivity index (χ4v) is 0.940. The molecule has 0 aromatic rings. The van der Waals surface area contributed by atoms with E-state index in [1.165, 1.54) is 13.0 Å². The van der Waals surface area contributed by atoms with E-state index in [1.807, 2.05) is 14.1 Å². The van der Waals surface area contributed by atoms with Gasteiger partial charge in [0, 0.05) is 13.1 Å². The summed E-state index contributed by atoms with van der Waals surface area (Å²) in [5.41, 5.74) is 0. The van der Waals surface area contributed by atoms with E-state index < -0.39 is 0 Å². The third-order valence-corrected chi connectivity index (χ3v) is 1.71. The first kappa shape index (κ1) is 10.9. The lowest BCUT2D eigenvalue weighted by atomic mass is 10.4. The summed E-state index contributed by atoms with van der Waals surface area (Å²) in [6.45, 7) is 4.52. The van der Waals surface area contributed by atoms with Gasteiger partial charge in [-0.2, -0.15) is 0 Å². The number of nitrogens with zero attached hydrogens (tertiary/aromatic N) is 1. The SMILES string of the molecule is CNCCCN(C)CCNC. The van der Waals surface area contributed by atoms with Crippen LogP contribution >= 0.6 is 0 Å². The van der Waals surface area contributed by atoms with Gasteiger partial charge in [-0.25, -0.2) is 0 Å². The van der Waals surface area contributed by atoms with Gasteiger partial charge in [0.25, 0.3) is 0 Å². The number of hydrogen-bond donors (Lipinski definition) is 2. The number of likely N-dealkylation sites (N-methyl/N-ethyl adjacent to an activating group) is 2. The molecular weight excluding hydrogens is 138 g/mol. The van der Waals surface area contributed by atoms with Crippen LogP contribution in [0.3, 0.4) is 0 Å². The molecule has 0 bridgehead atoms. The highest BCUT2D eigenvalue weighted by Gasteiger charge is 1.94. The Morgan fingerprint density at radius 2 is 1.64 bits per heavy atom. The van der Waals surface area contributed by atoms with Gasteiger partial charge >= 0.3 is 0 Å². The average molecular weight is 159 g/mol. The Hall–Kier alpha value is -0.120. The average Bonchev–Trinajstić information content (AvgIpc) is 2.01. The van der Waals surface area contributed by atoms with Crippen LogP contribution in [0.15, 0.2) is 0 Å². The second-order valence-electron chi connectivity index (χ2n) is 2.86. The minimum Gasteiger partial charge on any atom is -0.320 e. The molecule has 0 atom stereocenters. The first-order chi connectivity index (χ1) is 5.31. The van der Waals surface area contributed by atoms with Crippen molar-refractivity contribution in [2.45, 2.75) is 6.42 Å². The second kappa shape index (κ2) is 7.98. The van der Waals surface area contributed by atoms with Crippen LogP contribution in [0.2, 0.25) is 0 Å². The van der Waals surface area contributed by atoms with E-state index in [2.05, 4.69) is 22.6 Å². The summed E-state index contributed by atoms with van der Waals surface area (Å²) in [4.78, 5) is 2.34. The molecule has 0 aromatic heterocycles. The van der Waals surface area contributed by atoms with E-state index in [4.69, 9.17) is 0 Å². The van der Waals surface area contributed by atoms with Gasteiger partial charge in [0.1, 0.15) is 0 Å². The molecule has 0 amide bonds. The Balaban J connectivity index is 3.02. The minimum atomic E-state index is 1.08. The van der Waals surface area contributed by atoms with Gasteiger partial charge in [0.15, 0.2) is 0 Å². The van der Waals surface area contributed by atoms with Crippen molar-refractivity contribution >= 4 is 0 Å². The van der Waals surface area contributed by atoms with Crippen LogP contribution in [-0.2, 0) is 0 Å². The van der Waals surface area contributed by atoms with Gasteiger partial charge in [0.05, 0.1) is 0 Å². The predicted octanol–water partition coefficient (Wildman–Crippen LogP) is -0.253. The summed E-state index contributed by atoms with van der Waals surface area (Å²) in [6, 6.07) is 0. The second-order valence-corrected chi connectivity index (χ2v) is 2.86. The van der Waals surface area contributed by atoms with E-state index in [-0.39, 0.29) is 0 Å². The van der Waals surface area contributed by atoms with Gasteiger partial charge in [-0.15, -0.1) is 0 Å². The molecule has 0 saturated carbocycles. The van der Waals surface area contributed by atoms with E-state index in [0.29, 0.717) is 0 Å². The zero-order chi connectivity index (χ0) is 8.53. The van der Waals surface area contributed by atoms with Gasteiger partial charge in [-0.3, -0.25) is 0 Å². The largest absolute Gasteiger partial charge is 0.320 e. The third-order valence-electron chi connectivity index (χ3n) is 1.71. The van der Waals surface area contributed by atoms with Crippen molar-refractivity contribution < 1.29 is 0 Å². The monoisotopic (exact) mass is 159 g/mol. The van der Waals surface area contributed by atoms with Crippen molar-refractivity contribution in [1.29, 1.82) is 0 Å². The molecule has 3 nitrogen and oxygen atoms in total. The van der Waals surface area contributed by atoms with Crippen LogP contribution in [0, 0.1) is 0 Å². The summed E-state index contributed by atoms with van der Waals surface area (Å²) >= 11 is 0. The number of rotatable bonds is 7. The molecule has 11 heavy (non-hydrogen) atoms. The quantitative estimate of drug-likeness (QED) is 0.502. The Kier molecular flexibility index (Phi) is 7.89. The van der Waals surface area contributed by atoms with Crippen LogP contribution in [0.1, 0.15) is 6.42 Å². The van der Waals surface area contributed by atoms with Gasteiger partial charge in [0.2, 0.25) is 0 Å². The van der Waals surface area contributed by atoms with Crippen molar-refractivity contribution in [2.75, 3.05) is 47.3 Å². The molecule has 0 aliphatic carbocycles. The molecule has 2 N–H and O–H groups in total. The molecule has 0 spiro atoms. The summed E-state index contributed by atoms with van der Waals surface area (Å²) in [5, 5.41) is 6.27. The third kappa shape index (κ3) is 7.78. The zero-order valence-electron chi connectivity index (χ0n) is 7.98. The fraction of sp³-hybridized carbons (Fsp3) is 1.00. The maximum Gasteiger partial charge on any atom is 0.0104 e. The molecule has 0 aliphatic heterocycles. The molecule has 0 heterocycles. The fourth-order valence-electron chi connectivity index (χ4n) is 0.940. The molecule has 0 aliphatic rings. The van der Waals surface area contributed by atoms with Crippen molar-refractivity contribution in [1.82, 2.24) is 15.5 Å². The summed E-state index contributed by atoms with van der Waals surface area (Å²) in [6.07, 6.45) is 1.23. The molecule has 0 fully saturated rings. The van der Waals surface area contributed by atoms with Crippen LogP contribution in [-0.4, -0.2) is 52.2 Å².